The molecule has 0 radical (unpaired) electrons. The normalized spacial score (nSPS) is 18.3. The number of nitrogens with one attached hydrogen (secondary N) is 1. The summed E-state index contributed by atoms with van der Waals surface area (Å²) in [5.41, 5.74) is 7.32. The van der Waals surface area contributed by atoms with Crippen molar-refractivity contribution in [1.82, 2.24) is 10.2 Å². The van der Waals surface area contributed by atoms with E-state index in [1.807, 2.05) is 0 Å². The number of Topliss-reactive ketones (excluding diaryl/α,β-unsaturated/α-hetero) is 1. The van der Waals surface area contributed by atoms with Gasteiger partial charge in [0.1, 0.15) is 29.3 Å². The van der Waals surface area contributed by atoms with E-state index >= 15 is 4.39 Å². The molecule has 2 aromatic rings. The first kappa shape index (κ1) is 28.0. The van der Waals surface area contributed by atoms with Crippen molar-refractivity contribution in [3.63, 3.8) is 0 Å². The SMILES string of the molecule is CC(=O)[C@@H](N)C1CN(c2ccc(-c3ccc(CNC(=O)C4CN(C(=O)OC(C)(C)C)C4)cc3)c(F)c2)C(=O)O1. The van der Waals surface area contributed by atoms with Gasteiger partial charge in [0.05, 0.1) is 18.2 Å². The zero-order valence-electron chi connectivity index (χ0n) is 22.4. The number of likely N-dealkylation sites (tertiary alicyclic amines) is 1. The summed E-state index contributed by atoms with van der Waals surface area (Å²) < 4.78 is 25.5. The van der Waals surface area contributed by atoms with Crippen molar-refractivity contribution < 1.29 is 33.0 Å². The van der Waals surface area contributed by atoms with Gasteiger partial charge in [-0.1, -0.05) is 24.3 Å². The molecule has 2 aromatic carbocycles. The summed E-state index contributed by atoms with van der Waals surface area (Å²) in [6, 6.07) is 10.6. The molecule has 4 rings (SSSR count). The Morgan fingerprint density at radius 2 is 1.79 bits per heavy atom. The Morgan fingerprint density at radius 3 is 2.38 bits per heavy atom. The third-order valence-electron chi connectivity index (χ3n) is 6.61. The molecule has 0 bridgehead atoms. The number of ketones is 1. The number of nitrogens with two attached hydrogens (primary N) is 1. The lowest BCUT2D eigenvalue weighted by molar-refractivity contribution is -0.129. The van der Waals surface area contributed by atoms with Gasteiger partial charge < -0.3 is 25.4 Å². The molecule has 2 atom stereocenters. The standard InChI is InChI=1S/C28H33FN4O6/c1-16(34)24(30)23-15-33(27(37)38-23)20-9-10-21(22(29)11-20)18-7-5-17(6-8-18)12-31-25(35)19-13-32(14-19)26(36)39-28(2,3)4/h5-11,19,23-24H,12-15,30H2,1-4H3,(H,31,35)/t23?,24-/m1/s1. The molecule has 2 fully saturated rings. The predicted molar refractivity (Wildman–Crippen MR) is 141 cm³/mol. The summed E-state index contributed by atoms with van der Waals surface area (Å²) in [6.07, 6.45) is -1.90. The van der Waals surface area contributed by atoms with E-state index in [0.717, 1.165) is 5.56 Å². The molecule has 3 N–H and O–H groups in total. The number of halogens is 1. The minimum absolute atomic E-state index is 0.0542. The van der Waals surface area contributed by atoms with E-state index in [2.05, 4.69) is 5.32 Å². The zero-order valence-corrected chi connectivity index (χ0v) is 22.4. The molecule has 0 spiro atoms. The number of anilines is 1. The highest BCUT2D eigenvalue weighted by atomic mass is 19.1. The monoisotopic (exact) mass is 540 g/mol. The van der Waals surface area contributed by atoms with Crippen LogP contribution in [-0.4, -0.2) is 66.2 Å². The fraction of sp³-hybridized carbons (Fsp3) is 0.429. The van der Waals surface area contributed by atoms with Gasteiger partial charge in [-0.15, -0.1) is 0 Å². The van der Waals surface area contributed by atoms with Crippen LogP contribution in [0, 0.1) is 11.7 Å². The number of hydrogen-bond donors (Lipinski definition) is 2. The fourth-order valence-corrected chi connectivity index (χ4v) is 4.31. The topological polar surface area (TPSA) is 131 Å². The molecule has 2 saturated heterocycles. The highest BCUT2D eigenvalue weighted by molar-refractivity contribution is 5.92. The zero-order chi connectivity index (χ0) is 28.5. The van der Waals surface area contributed by atoms with Crippen molar-refractivity contribution in [2.75, 3.05) is 24.5 Å². The van der Waals surface area contributed by atoms with Crippen LogP contribution in [0.25, 0.3) is 11.1 Å². The molecule has 0 aliphatic carbocycles. The van der Waals surface area contributed by atoms with E-state index in [0.29, 0.717) is 36.4 Å². The van der Waals surface area contributed by atoms with E-state index in [9.17, 15) is 19.2 Å². The minimum Gasteiger partial charge on any atom is -0.444 e. The fourth-order valence-electron chi connectivity index (χ4n) is 4.31. The maximum Gasteiger partial charge on any atom is 0.414 e. The third-order valence-corrected chi connectivity index (χ3v) is 6.61. The maximum atomic E-state index is 15.0. The molecule has 2 heterocycles. The van der Waals surface area contributed by atoms with Crippen LogP contribution in [0.4, 0.5) is 19.7 Å². The van der Waals surface area contributed by atoms with Crippen LogP contribution in [-0.2, 0) is 25.6 Å². The molecular weight excluding hydrogens is 507 g/mol. The Morgan fingerprint density at radius 1 is 1.13 bits per heavy atom. The lowest BCUT2D eigenvalue weighted by Gasteiger charge is -2.38. The molecule has 2 aliphatic rings. The van der Waals surface area contributed by atoms with E-state index < -0.39 is 35.8 Å². The number of nitrogens with zero attached hydrogens (tertiary/aromatic N) is 2. The first-order chi connectivity index (χ1) is 18.3. The molecule has 0 saturated carbocycles. The summed E-state index contributed by atoms with van der Waals surface area (Å²) >= 11 is 0. The summed E-state index contributed by atoms with van der Waals surface area (Å²) in [6.45, 7) is 7.68. The molecule has 0 aromatic heterocycles. The number of ether oxygens (including phenoxy) is 2. The van der Waals surface area contributed by atoms with Crippen LogP contribution in [0.1, 0.15) is 33.3 Å². The number of hydrogen-bond acceptors (Lipinski definition) is 7. The van der Waals surface area contributed by atoms with Crippen LogP contribution in [0.15, 0.2) is 42.5 Å². The molecule has 39 heavy (non-hydrogen) atoms. The lowest BCUT2D eigenvalue weighted by Crippen LogP contribution is -2.56. The Bertz CT molecular complexity index is 1270. The highest BCUT2D eigenvalue weighted by Crippen LogP contribution is 2.30. The summed E-state index contributed by atoms with van der Waals surface area (Å²) in [4.78, 5) is 51.0. The van der Waals surface area contributed by atoms with Crippen LogP contribution in [0.3, 0.4) is 0 Å². The van der Waals surface area contributed by atoms with Gasteiger partial charge in [-0.3, -0.25) is 14.5 Å². The Kier molecular flexibility index (Phi) is 7.91. The number of cyclic esters (lactones) is 1. The lowest BCUT2D eigenvalue weighted by atomic mass is 9.99. The number of benzene rings is 2. The van der Waals surface area contributed by atoms with Gasteiger partial charge in [-0.2, -0.15) is 0 Å². The van der Waals surface area contributed by atoms with Crippen LogP contribution < -0.4 is 16.0 Å². The van der Waals surface area contributed by atoms with E-state index in [1.54, 1.807) is 57.2 Å². The summed E-state index contributed by atoms with van der Waals surface area (Å²) in [5, 5.41) is 2.87. The van der Waals surface area contributed by atoms with Gasteiger partial charge in [0.25, 0.3) is 0 Å². The number of carbonyl (C=O) groups excluding carboxylic acids is 4. The summed E-state index contributed by atoms with van der Waals surface area (Å²) in [5.74, 6) is -1.26. The molecule has 11 heteroatoms. The second-order valence-electron chi connectivity index (χ2n) is 10.8. The van der Waals surface area contributed by atoms with E-state index in [-0.39, 0.29) is 24.2 Å². The molecule has 3 amide bonds. The molecule has 10 nitrogen and oxygen atoms in total. The van der Waals surface area contributed by atoms with Crippen molar-refractivity contribution >= 4 is 29.6 Å². The largest absolute Gasteiger partial charge is 0.444 e. The maximum absolute atomic E-state index is 15.0. The third kappa shape index (κ3) is 6.54. The Labute approximate surface area is 226 Å². The first-order valence-electron chi connectivity index (χ1n) is 12.7. The average Bonchev–Trinajstić information content (AvgIpc) is 3.22. The number of rotatable bonds is 7. The van der Waals surface area contributed by atoms with Crippen LogP contribution in [0.5, 0.6) is 0 Å². The Balaban J connectivity index is 1.30. The van der Waals surface area contributed by atoms with Gasteiger partial charge in [0.2, 0.25) is 5.91 Å². The average molecular weight is 541 g/mol. The van der Waals surface area contributed by atoms with E-state index in [1.165, 1.54) is 22.8 Å². The first-order valence-corrected chi connectivity index (χ1v) is 12.7. The van der Waals surface area contributed by atoms with Crippen molar-refractivity contribution in [3.05, 3.63) is 53.8 Å². The number of amides is 3. The van der Waals surface area contributed by atoms with Gasteiger partial charge in [0.15, 0.2) is 0 Å². The quantitative estimate of drug-likeness (QED) is 0.551. The van der Waals surface area contributed by atoms with Crippen molar-refractivity contribution in [3.8, 4) is 11.1 Å². The van der Waals surface area contributed by atoms with Crippen molar-refractivity contribution in [1.29, 1.82) is 0 Å². The van der Waals surface area contributed by atoms with Gasteiger partial charge in [0, 0.05) is 25.2 Å². The molecular formula is C28H33FN4O6. The second-order valence-corrected chi connectivity index (χ2v) is 10.8. The van der Waals surface area contributed by atoms with Gasteiger partial charge in [-0.05, 0) is 57.0 Å². The van der Waals surface area contributed by atoms with E-state index in [4.69, 9.17) is 15.2 Å². The van der Waals surface area contributed by atoms with Crippen LogP contribution in [0.2, 0.25) is 0 Å². The smallest absolute Gasteiger partial charge is 0.414 e. The highest BCUT2D eigenvalue weighted by Gasteiger charge is 2.39. The van der Waals surface area contributed by atoms with Crippen LogP contribution >= 0.6 is 0 Å². The van der Waals surface area contributed by atoms with Crippen molar-refractivity contribution in [2.45, 2.75) is 52.0 Å². The molecule has 1 unspecified atom stereocenters. The minimum atomic E-state index is -0.938. The van der Waals surface area contributed by atoms with Crippen molar-refractivity contribution in [2.24, 2.45) is 11.7 Å². The summed E-state index contributed by atoms with van der Waals surface area (Å²) in [7, 11) is 0. The molecule has 2 aliphatic heterocycles. The van der Waals surface area contributed by atoms with Gasteiger partial charge in [-0.25, -0.2) is 14.0 Å². The Hall–Kier alpha value is -3.99. The molecule has 208 valence electrons. The van der Waals surface area contributed by atoms with Gasteiger partial charge >= 0.3 is 12.2 Å². The predicted octanol–water partition coefficient (Wildman–Crippen LogP) is 3.22. The number of carbonyl (C=O) groups is 4. The second kappa shape index (κ2) is 11.0.